The van der Waals surface area contributed by atoms with Gasteiger partial charge in [-0.15, -0.1) is 3.89 Å². The average Bonchev–Trinajstić information content (AvgIpc) is 2.16. The van der Waals surface area contributed by atoms with E-state index < -0.39 is 21.1 Å². The van der Waals surface area contributed by atoms with E-state index in [9.17, 15) is 17.1 Å². The lowest BCUT2D eigenvalue weighted by Gasteiger charge is -2.06. The lowest BCUT2D eigenvalue weighted by molar-refractivity contribution is 0.0525. The van der Waals surface area contributed by atoms with Gasteiger partial charge in [-0.05, 0) is 31.5 Å². The van der Waals surface area contributed by atoms with Gasteiger partial charge in [0.25, 0.3) is 0 Å². The van der Waals surface area contributed by atoms with Crippen molar-refractivity contribution in [1.82, 2.24) is 0 Å². The Morgan fingerprint density at radius 2 is 2.06 bits per heavy atom. The molecule has 1 rings (SSSR count). The van der Waals surface area contributed by atoms with E-state index in [2.05, 4.69) is 0 Å². The summed E-state index contributed by atoms with van der Waals surface area (Å²) in [4.78, 5) is 10.9. The van der Waals surface area contributed by atoms with Crippen LogP contribution in [0.2, 0.25) is 0 Å². The van der Waals surface area contributed by atoms with E-state index in [1.54, 1.807) is 13.8 Å². The molecule has 0 aliphatic carbocycles. The molecule has 0 heterocycles. The average molecular weight is 246 g/mol. The molecule has 88 valence electrons. The van der Waals surface area contributed by atoms with Crippen LogP contribution in [0.1, 0.15) is 22.8 Å². The molecule has 0 saturated carbocycles. The molecule has 0 aliphatic heterocycles. The molecule has 0 amide bonds. The highest BCUT2D eigenvalue weighted by Gasteiger charge is 2.17. The summed E-state index contributed by atoms with van der Waals surface area (Å²) in [5.41, 5.74) is 0.589. The molecular weight excluding hydrogens is 235 g/mol. The highest BCUT2D eigenvalue weighted by Crippen LogP contribution is 2.18. The van der Waals surface area contributed by atoms with Crippen LogP contribution < -0.4 is 0 Å². The second-order valence-electron chi connectivity index (χ2n) is 3.14. The summed E-state index contributed by atoms with van der Waals surface area (Å²) in [6, 6.07) is 3.44. The summed E-state index contributed by atoms with van der Waals surface area (Å²) in [5.74, 6) is -0.662. The summed E-state index contributed by atoms with van der Waals surface area (Å²) in [5, 5.41) is 0. The zero-order valence-electron chi connectivity index (χ0n) is 8.86. The van der Waals surface area contributed by atoms with Crippen LogP contribution in [0.3, 0.4) is 0 Å². The summed E-state index contributed by atoms with van der Waals surface area (Å²) in [7, 11) is -4.80. The van der Waals surface area contributed by atoms with Gasteiger partial charge in [-0.1, -0.05) is 6.07 Å². The number of rotatable bonds is 3. The van der Waals surface area contributed by atoms with Gasteiger partial charge in [0.15, 0.2) is 0 Å². The number of ether oxygens (including phenoxy) is 1. The monoisotopic (exact) mass is 246 g/mol. The first-order chi connectivity index (χ1) is 7.36. The van der Waals surface area contributed by atoms with Crippen molar-refractivity contribution >= 4 is 16.2 Å². The van der Waals surface area contributed by atoms with Crippen LogP contribution >= 0.6 is 0 Å². The molecule has 0 radical (unpaired) electrons. The second kappa shape index (κ2) is 4.61. The molecule has 0 N–H and O–H groups in total. The van der Waals surface area contributed by atoms with Gasteiger partial charge in [0.1, 0.15) is 0 Å². The van der Waals surface area contributed by atoms with Crippen molar-refractivity contribution in [3.8, 4) is 0 Å². The molecule has 0 atom stereocenters. The van der Waals surface area contributed by atoms with E-state index in [-0.39, 0.29) is 12.2 Å². The van der Waals surface area contributed by atoms with E-state index >= 15 is 0 Å². The van der Waals surface area contributed by atoms with Crippen molar-refractivity contribution in [3.05, 3.63) is 29.3 Å². The second-order valence-corrected chi connectivity index (χ2v) is 4.48. The van der Waals surface area contributed by atoms with Crippen molar-refractivity contribution in [2.24, 2.45) is 0 Å². The predicted molar refractivity (Wildman–Crippen MR) is 55.4 cm³/mol. The van der Waals surface area contributed by atoms with Gasteiger partial charge < -0.3 is 4.74 Å². The van der Waals surface area contributed by atoms with Crippen LogP contribution in [0.5, 0.6) is 0 Å². The molecule has 0 fully saturated rings. The van der Waals surface area contributed by atoms with Crippen LogP contribution in [0.15, 0.2) is 23.1 Å². The van der Waals surface area contributed by atoms with Crippen LogP contribution in [-0.2, 0) is 15.0 Å². The van der Waals surface area contributed by atoms with Crippen molar-refractivity contribution in [2.75, 3.05) is 6.61 Å². The molecule has 0 spiro atoms. The number of hydrogen-bond donors (Lipinski definition) is 0. The standard InChI is InChI=1S/C10H11FO4S/c1-3-15-10(12)9-6-8(16(11,13)14)5-4-7(9)2/h4-6H,3H2,1-2H3. The maximum atomic E-state index is 12.7. The maximum absolute atomic E-state index is 12.7. The lowest BCUT2D eigenvalue weighted by Crippen LogP contribution is -2.08. The van der Waals surface area contributed by atoms with Crippen LogP contribution in [0.4, 0.5) is 3.89 Å². The normalized spacial score (nSPS) is 11.2. The molecule has 0 bridgehead atoms. The third kappa shape index (κ3) is 2.79. The van der Waals surface area contributed by atoms with Gasteiger partial charge in [-0.3, -0.25) is 0 Å². The number of aryl methyl sites for hydroxylation is 1. The topological polar surface area (TPSA) is 60.4 Å². The van der Waals surface area contributed by atoms with Crippen molar-refractivity contribution in [3.63, 3.8) is 0 Å². The number of carbonyl (C=O) groups is 1. The molecule has 1 aromatic rings. The van der Waals surface area contributed by atoms with E-state index in [4.69, 9.17) is 4.74 Å². The predicted octanol–water partition coefficient (Wildman–Crippen LogP) is 1.83. The first kappa shape index (κ1) is 12.6. The first-order valence-electron chi connectivity index (χ1n) is 4.58. The third-order valence-corrected chi connectivity index (χ3v) is 2.80. The minimum atomic E-state index is -4.80. The Hall–Kier alpha value is -1.43. The SMILES string of the molecule is CCOC(=O)c1cc(S(=O)(=O)F)ccc1C. The van der Waals surface area contributed by atoms with Crippen LogP contribution in [0, 0.1) is 6.92 Å². The lowest BCUT2D eigenvalue weighted by atomic mass is 10.1. The van der Waals surface area contributed by atoms with Crippen molar-refractivity contribution in [1.29, 1.82) is 0 Å². The van der Waals surface area contributed by atoms with Gasteiger partial charge in [-0.2, -0.15) is 8.42 Å². The quantitative estimate of drug-likeness (QED) is 0.603. The van der Waals surface area contributed by atoms with Gasteiger partial charge in [0.2, 0.25) is 0 Å². The van der Waals surface area contributed by atoms with Gasteiger partial charge >= 0.3 is 16.2 Å². The van der Waals surface area contributed by atoms with Crippen molar-refractivity contribution in [2.45, 2.75) is 18.7 Å². The minimum absolute atomic E-state index is 0.0561. The zero-order chi connectivity index (χ0) is 12.3. The molecule has 0 saturated heterocycles. The Bertz CT molecular complexity index is 508. The summed E-state index contributed by atoms with van der Waals surface area (Å²) >= 11 is 0. The van der Waals surface area contributed by atoms with Crippen LogP contribution in [0.25, 0.3) is 0 Å². The maximum Gasteiger partial charge on any atom is 0.338 e. The summed E-state index contributed by atoms with van der Waals surface area (Å²) < 4.78 is 38.7. The fraction of sp³-hybridized carbons (Fsp3) is 0.300. The van der Waals surface area contributed by atoms with Gasteiger partial charge in [0, 0.05) is 0 Å². The van der Waals surface area contributed by atoms with Crippen molar-refractivity contribution < 1.29 is 21.8 Å². The number of halogens is 1. The third-order valence-electron chi connectivity index (χ3n) is 1.99. The van der Waals surface area contributed by atoms with E-state index in [1.165, 1.54) is 6.07 Å². The summed E-state index contributed by atoms with van der Waals surface area (Å²) in [6.45, 7) is 3.41. The molecule has 16 heavy (non-hydrogen) atoms. The number of benzene rings is 1. The Kier molecular flexibility index (Phi) is 3.64. The molecule has 0 unspecified atom stereocenters. The van der Waals surface area contributed by atoms with Gasteiger partial charge in [0.05, 0.1) is 17.1 Å². The Morgan fingerprint density at radius 3 is 2.56 bits per heavy atom. The highest BCUT2D eigenvalue weighted by atomic mass is 32.3. The molecular formula is C10H11FO4S. The smallest absolute Gasteiger partial charge is 0.338 e. The zero-order valence-corrected chi connectivity index (χ0v) is 9.67. The number of hydrogen-bond acceptors (Lipinski definition) is 4. The summed E-state index contributed by atoms with van der Waals surface area (Å²) in [6.07, 6.45) is 0. The van der Waals surface area contributed by atoms with Crippen LogP contribution in [-0.4, -0.2) is 21.0 Å². The first-order valence-corrected chi connectivity index (χ1v) is 5.97. The molecule has 4 nitrogen and oxygen atoms in total. The van der Waals surface area contributed by atoms with E-state index in [0.717, 1.165) is 12.1 Å². The molecule has 1 aromatic carbocycles. The Balaban J connectivity index is 3.24. The van der Waals surface area contributed by atoms with E-state index in [0.29, 0.717) is 5.56 Å². The fourth-order valence-electron chi connectivity index (χ4n) is 1.18. The number of esters is 1. The molecule has 6 heteroatoms. The van der Waals surface area contributed by atoms with Gasteiger partial charge in [-0.25, -0.2) is 4.79 Å². The molecule has 0 aromatic heterocycles. The Morgan fingerprint density at radius 1 is 1.44 bits per heavy atom. The fourth-order valence-corrected chi connectivity index (χ4v) is 1.67. The number of carbonyl (C=O) groups excluding carboxylic acids is 1. The molecule has 0 aliphatic rings. The highest BCUT2D eigenvalue weighted by molar-refractivity contribution is 7.86. The Labute approximate surface area is 93.3 Å². The van der Waals surface area contributed by atoms with E-state index in [1.807, 2.05) is 0 Å². The minimum Gasteiger partial charge on any atom is -0.462 e. The largest absolute Gasteiger partial charge is 0.462 e.